The van der Waals surface area contributed by atoms with Gasteiger partial charge in [-0.25, -0.2) is 18.5 Å². The number of methoxy groups -OCH3 is 1. The maximum atomic E-state index is 11.2. The Kier molecular flexibility index (Phi) is 7.86. The molecule has 7 nitrogen and oxygen atoms in total. The molecule has 22 heavy (non-hydrogen) atoms. The lowest BCUT2D eigenvalue weighted by molar-refractivity contribution is 0.195. The van der Waals surface area contributed by atoms with Gasteiger partial charge in [-0.2, -0.15) is 0 Å². The van der Waals surface area contributed by atoms with Crippen molar-refractivity contribution in [1.82, 2.24) is 10.6 Å². The first-order valence-electron chi connectivity index (χ1n) is 7.10. The summed E-state index contributed by atoms with van der Waals surface area (Å²) in [5, 5.41) is 11.4. The van der Waals surface area contributed by atoms with Crippen LogP contribution in [0.5, 0.6) is 0 Å². The summed E-state index contributed by atoms with van der Waals surface area (Å²) in [5.74, 6) is 0.717. The Morgan fingerprint density at radius 3 is 2.50 bits per heavy atom. The third-order valence-electron chi connectivity index (χ3n) is 2.83. The second-order valence-electron chi connectivity index (χ2n) is 4.66. The number of aliphatic imine (C=N–C) groups is 1. The summed E-state index contributed by atoms with van der Waals surface area (Å²) in [4.78, 5) is 4.55. The van der Waals surface area contributed by atoms with E-state index >= 15 is 0 Å². The molecule has 1 aromatic rings. The summed E-state index contributed by atoms with van der Waals surface area (Å²) in [6.07, 6.45) is 0.893. The molecule has 0 radical (unpaired) electrons. The molecule has 0 bridgehead atoms. The van der Waals surface area contributed by atoms with E-state index in [0.29, 0.717) is 19.1 Å². The van der Waals surface area contributed by atoms with Crippen LogP contribution in [0.2, 0.25) is 0 Å². The van der Waals surface area contributed by atoms with Crippen LogP contribution in [0.1, 0.15) is 18.9 Å². The van der Waals surface area contributed by atoms with Gasteiger partial charge in [0.25, 0.3) is 0 Å². The van der Waals surface area contributed by atoms with Crippen LogP contribution in [-0.4, -0.2) is 41.2 Å². The van der Waals surface area contributed by atoms with E-state index in [1.54, 1.807) is 19.2 Å². The molecule has 0 spiro atoms. The van der Waals surface area contributed by atoms with Gasteiger partial charge in [0.2, 0.25) is 10.0 Å². The molecule has 0 aliphatic heterocycles. The Balaban J connectivity index is 2.61. The number of nitrogens with zero attached hydrogens (tertiary/aromatic N) is 1. The average molecular weight is 328 g/mol. The Morgan fingerprint density at radius 2 is 1.95 bits per heavy atom. The van der Waals surface area contributed by atoms with Gasteiger partial charge >= 0.3 is 0 Å². The molecule has 4 N–H and O–H groups in total. The van der Waals surface area contributed by atoms with E-state index in [1.165, 1.54) is 12.1 Å². The van der Waals surface area contributed by atoms with Crippen LogP contribution in [0.25, 0.3) is 0 Å². The summed E-state index contributed by atoms with van der Waals surface area (Å²) in [5.41, 5.74) is 0.904. The van der Waals surface area contributed by atoms with Crippen LogP contribution in [0, 0.1) is 0 Å². The van der Waals surface area contributed by atoms with Crippen molar-refractivity contribution >= 4 is 16.0 Å². The minimum Gasteiger partial charge on any atom is -0.385 e. The first-order chi connectivity index (χ1) is 10.5. The zero-order valence-electron chi connectivity index (χ0n) is 13.0. The highest BCUT2D eigenvalue weighted by Crippen LogP contribution is 2.09. The molecule has 0 fully saturated rings. The van der Waals surface area contributed by atoms with E-state index < -0.39 is 10.0 Å². The number of ether oxygens (including phenoxy) is 1. The molecule has 0 aromatic heterocycles. The van der Waals surface area contributed by atoms with Gasteiger partial charge in [-0.05, 0) is 31.0 Å². The number of sulfonamides is 1. The zero-order valence-corrected chi connectivity index (χ0v) is 13.8. The molecule has 0 aliphatic carbocycles. The second-order valence-corrected chi connectivity index (χ2v) is 6.22. The molecule has 0 amide bonds. The molecule has 0 heterocycles. The van der Waals surface area contributed by atoms with E-state index in [0.717, 1.165) is 25.1 Å². The Morgan fingerprint density at radius 1 is 1.27 bits per heavy atom. The Hall–Kier alpha value is -1.64. The van der Waals surface area contributed by atoms with Crippen LogP contribution >= 0.6 is 0 Å². The van der Waals surface area contributed by atoms with Crippen molar-refractivity contribution in [3.8, 4) is 0 Å². The fourth-order valence-electron chi connectivity index (χ4n) is 1.72. The number of hydrogen-bond donors (Lipinski definition) is 3. The lowest BCUT2D eigenvalue weighted by Gasteiger charge is -2.11. The minimum absolute atomic E-state index is 0.102. The number of guanidine groups is 1. The second kappa shape index (κ2) is 9.39. The van der Waals surface area contributed by atoms with Gasteiger partial charge in [-0.1, -0.05) is 12.1 Å². The largest absolute Gasteiger partial charge is 0.385 e. The molecule has 1 aromatic carbocycles. The highest BCUT2D eigenvalue weighted by atomic mass is 32.2. The van der Waals surface area contributed by atoms with Crippen LogP contribution in [0.15, 0.2) is 34.2 Å². The van der Waals surface area contributed by atoms with Crippen molar-refractivity contribution in [2.24, 2.45) is 10.1 Å². The van der Waals surface area contributed by atoms with E-state index in [9.17, 15) is 8.42 Å². The van der Waals surface area contributed by atoms with Gasteiger partial charge in [0.05, 0.1) is 11.4 Å². The lowest BCUT2D eigenvalue weighted by Crippen LogP contribution is -2.38. The summed E-state index contributed by atoms with van der Waals surface area (Å²) in [6, 6.07) is 6.38. The molecular formula is C14H24N4O3S. The molecule has 8 heteroatoms. The predicted octanol–water partition coefficient (Wildman–Crippen LogP) is 0.426. The van der Waals surface area contributed by atoms with Gasteiger partial charge in [-0.3, -0.25) is 0 Å². The monoisotopic (exact) mass is 328 g/mol. The van der Waals surface area contributed by atoms with E-state index in [-0.39, 0.29) is 4.90 Å². The fraction of sp³-hybridized carbons (Fsp3) is 0.500. The standard InChI is InChI=1S/C14H24N4O3S/c1-3-16-14(17-9-4-10-21-2)18-11-12-5-7-13(8-6-12)22(15,19)20/h5-8H,3-4,9-11H2,1-2H3,(H2,15,19,20)(H2,16,17,18). The van der Waals surface area contributed by atoms with Gasteiger partial charge in [-0.15, -0.1) is 0 Å². The van der Waals surface area contributed by atoms with Crippen LogP contribution in [0.3, 0.4) is 0 Å². The van der Waals surface area contributed by atoms with Crippen molar-refractivity contribution < 1.29 is 13.2 Å². The van der Waals surface area contributed by atoms with E-state index in [1.807, 2.05) is 6.92 Å². The lowest BCUT2D eigenvalue weighted by atomic mass is 10.2. The molecule has 0 saturated heterocycles. The third kappa shape index (κ3) is 6.88. The van der Waals surface area contributed by atoms with Crippen molar-refractivity contribution in [3.63, 3.8) is 0 Å². The third-order valence-corrected chi connectivity index (χ3v) is 3.76. The number of hydrogen-bond acceptors (Lipinski definition) is 4. The van der Waals surface area contributed by atoms with E-state index in [2.05, 4.69) is 15.6 Å². The van der Waals surface area contributed by atoms with Crippen LogP contribution in [0.4, 0.5) is 0 Å². The summed E-state index contributed by atoms with van der Waals surface area (Å²) in [7, 11) is -1.98. The molecule has 0 aliphatic rings. The molecular weight excluding hydrogens is 304 g/mol. The topological polar surface area (TPSA) is 106 Å². The summed E-state index contributed by atoms with van der Waals surface area (Å²) >= 11 is 0. The number of nitrogens with two attached hydrogens (primary N) is 1. The minimum atomic E-state index is -3.65. The number of rotatable bonds is 8. The van der Waals surface area contributed by atoms with Gasteiger partial charge < -0.3 is 15.4 Å². The highest BCUT2D eigenvalue weighted by Gasteiger charge is 2.06. The first-order valence-corrected chi connectivity index (χ1v) is 8.65. The van der Waals surface area contributed by atoms with Crippen LogP contribution in [-0.2, 0) is 21.3 Å². The smallest absolute Gasteiger partial charge is 0.238 e. The van der Waals surface area contributed by atoms with Gasteiger partial charge in [0.1, 0.15) is 0 Å². The maximum absolute atomic E-state index is 11.2. The van der Waals surface area contributed by atoms with Crippen molar-refractivity contribution in [2.75, 3.05) is 26.8 Å². The molecule has 1 rings (SSSR count). The van der Waals surface area contributed by atoms with Crippen LogP contribution < -0.4 is 15.8 Å². The first kappa shape index (κ1) is 18.4. The van der Waals surface area contributed by atoms with E-state index in [4.69, 9.17) is 9.88 Å². The average Bonchev–Trinajstić information content (AvgIpc) is 2.48. The highest BCUT2D eigenvalue weighted by molar-refractivity contribution is 7.89. The molecule has 0 unspecified atom stereocenters. The zero-order chi connectivity index (χ0) is 16.4. The number of primary sulfonamides is 1. The number of nitrogens with one attached hydrogen (secondary N) is 2. The van der Waals surface area contributed by atoms with Gasteiger partial charge in [0, 0.05) is 26.8 Å². The maximum Gasteiger partial charge on any atom is 0.238 e. The predicted molar refractivity (Wildman–Crippen MR) is 87.1 cm³/mol. The Labute approximate surface area is 132 Å². The fourth-order valence-corrected chi connectivity index (χ4v) is 2.24. The molecule has 0 saturated carbocycles. The Bertz CT molecular complexity index is 570. The SMILES string of the molecule is CCNC(=NCc1ccc(S(N)(=O)=O)cc1)NCCCOC. The molecule has 124 valence electrons. The number of benzene rings is 1. The summed E-state index contributed by atoms with van der Waals surface area (Å²) < 4.78 is 27.4. The van der Waals surface area contributed by atoms with Crippen molar-refractivity contribution in [3.05, 3.63) is 29.8 Å². The molecule has 0 atom stereocenters. The van der Waals surface area contributed by atoms with Crippen molar-refractivity contribution in [2.45, 2.75) is 24.8 Å². The normalized spacial score (nSPS) is 12.2. The van der Waals surface area contributed by atoms with Gasteiger partial charge in [0.15, 0.2) is 5.96 Å². The summed E-state index contributed by atoms with van der Waals surface area (Å²) in [6.45, 7) is 4.67. The quantitative estimate of drug-likeness (QED) is 0.364. The van der Waals surface area contributed by atoms with Crippen molar-refractivity contribution in [1.29, 1.82) is 0 Å².